The number of furan rings is 1. The molecule has 16 heavy (non-hydrogen) atoms. The molecule has 0 radical (unpaired) electrons. The van der Waals surface area contributed by atoms with Crippen LogP contribution in [0.2, 0.25) is 0 Å². The van der Waals surface area contributed by atoms with E-state index in [1.807, 2.05) is 18.2 Å². The van der Waals surface area contributed by atoms with Gasteiger partial charge in [-0.3, -0.25) is 10.1 Å². The minimum atomic E-state index is 0.553. The van der Waals surface area contributed by atoms with Gasteiger partial charge in [0, 0.05) is 18.0 Å². The zero-order chi connectivity index (χ0) is 10.8. The lowest BCUT2D eigenvalue weighted by molar-refractivity contribution is 0.577. The summed E-state index contributed by atoms with van der Waals surface area (Å²) in [4.78, 5) is 8.28. The third-order valence-electron chi connectivity index (χ3n) is 2.18. The third kappa shape index (κ3) is 1.48. The highest BCUT2D eigenvalue weighted by molar-refractivity contribution is 5.57. The largest absolute Gasteiger partial charge is 0.461 e. The van der Waals surface area contributed by atoms with Crippen LogP contribution in [0.4, 0.5) is 0 Å². The zero-order valence-electron chi connectivity index (χ0n) is 8.29. The Morgan fingerprint density at radius 3 is 2.75 bits per heavy atom. The maximum atomic E-state index is 5.21. The molecular formula is C11H8N4O. The summed E-state index contributed by atoms with van der Waals surface area (Å²) in [5.41, 5.74) is 0.945. The van der Waals surface area contributed by atoms with Crippen molar-refractivity contribution in [3.8, 4) is 23.0 Å². The second-order valence-electron chi connectivity index (χ2n) is 3.22. The Labute approximate surface area is 91.2 Å². The van der Waals surface area contributed by atoms with Gasteiger partial charge < -0.3 is 4.42 Å². The molecule has 0 fully saturated rings. The van der Waals surface area contributed by atoms with E-state index >= 15 is 0 Å². The number of nitrogens with one attached hydrogen (secondary N) is 1. The number of hydrogen-bond donors (Lipinski definition) is 1. The fraction of sp³-hybridized carbons (Fsp3) is 0. The van der Waals surface area contributed by atoms with Crippen LogP contribution in [0.3, 0.4) is 0 Å². The molecule has 3 heterocycles. The summed E-state index contributed by atoms with van der Waals surface area (Å²) in [5.74, 6) is 1.90. The predicted octanol–water partition coefficient (Wildman–Crippen LogP) is 2.13. The average molecular weight is 212 g/mol. The highest BCUT2D eigenvalue weighted by Crippen LogP contribution is 2.19. The molecule has 3 rings (SSSR count). The van der Waals surface area contributed by atoms with Crippen LogP contribution in [0.1, 0.15) is 0 Å². The van der Waals surface area contributed by atoms with Gasteiger partial charge in [0.15, 0.2) is 11.6 Å². The van der Waals surface area contributed by atoms with Crippen molar-refractivity contribution in [3.05, 3.63) is 42.9 Å². The van der Waals surface area contributed by atoms with Crippen LogP contribution in [0, 0.1) is 0 Å². The van der Waals surface area contributed by atoms with Gasteiger partial charge in [0.2, 0.25) is 5.82 Å². The summed E-state index contributed by atoms with van der Waals surface area (Å²) in [6.45, 7) is 0. The molecule has 0 aliphatic carbocycles. The van der Waals surface area contributed by atoms with Gasteiger partial charge in [0.1, 0.15) is 0 Å². The lowest BCUT2D eigenvalue weighted by Crippen LogP contribution is -1.80. The summed E-state index contributed by atoms with van der Waals surface area (Å²) in [6.07, 6.45) is 5.02. The lowest BCUT2D eigenvalue weighted by atomic mass is 10.2. The zero-order valence-corrected chi connectivity index (χ0v) is 8.29. The SMILES string of the molecule is c1coc(-c2n[nH]c(-c3ccncc3)n2)c1. The molecule has 0 aromatic carbocycles. The fourth-order valence-corrected chi connectivity index (χ4v) is 1.42. The minimum absolute atomic E-state index is 0.553. The van der Waals surface area contributed by atoms with E-state index in [9.17, 15) is 0 Å². The van der Waals surface area contributed by atoms with Crippen molar-refractivity contribution in [1.29, 1.82) is 0 Å². The van der Waals surface area contributed by atoms with Crippen LogP contribution in [0.15, 0.2) is 47.3 Å². The Morgan fingerprint density at radius 1 is 1.12 bits per heavy atom. The van der Waals surface area contributed by atoms with Crippen LogP contribution in [0.25, 0.3) is 23.0 Å². The monoisotopic (exact) mass is 212 g/mol. The molecule has 0 aliphatic heterocycles. The molecule has 0 amide bonds. The minimum Gasteiger partial charge on any atom is -0.461 e. The van der Waals surface area contributed by atoms with Gasteiger partial charge in [-0.15, -0.1) is 5.10 Å². The lowest BCUT2D eigenvalue weighted by Gasteiger charge is -1.91. The Kier molecular flexibility index (Phi) is 2.00. The Bertz CT molecular complexity index is 571. The van der Waals surface area contributed by atoms with E-state index in [1.165, 1.54) is 0 Å². The molecule has 0 unspecified atom stereocenters. The van der Waals surface area contributed by atoms with E-state index < -0.39 is 0 Å². The highest BCUT2D eigenvalue weighted by atomic mass is 16.3. The average Bonchev–Trinajstić information content (AvgIpc) is 3.01. The Hall–Kier alpha value is -2.43. The van der Waals surface area contributed by atoms with Gasteiger partial charge in [-0.05, 0) is 24.3 Å². The number of aromatic nitrogens is 4. The molecule has 0 saturated carbocycles. The standard InChI is InChI=1S/C11H8N4O/c1-2-9(16-7-1)11-13-10(14-15-11)8-3-5-12-6-4-8/h1-7H,(H,13,14,15). The molecule has 3 aromatic rings. The van der Waals surface area contributed by atoms with E-state index in [0.29, 0.717) is 17.4 Å². The second kappa shape index (κ2) is 3.62. The van der Waals surface area contributed by atoms with E-state index in [-0.39, 0.29) is 0 Å². The van der Waals surface area contributed by atoms with Crippen molar-refractivity contribution >= 4 is 0 Å². The Morgan fingerprint density at radius 2 is 2.00 bits per heavy atom. The first kappa shape index (κ1) is 8.84. The first-order chi connectivity index (χ1) is 7.93. The molecule has 0 bridgehead atoms. The summed E-state index contributed by atoms with van der Waals surface area (Å²) >= 11 is 0. The summed E-state index contributed by atoms with van der Waals surface area (Å²) in [7, 11) is 0. The van der Waals surface area contributed by atoms with Crippen molar-refractivity contribution in [2.45, 2.75) is 0 Å². The molecule has 0 atom stereocenters. The number of nitrogens with zero attached hydrogens (tertiary/aromatic N) is 3. The molecule has 3 aromatic heterocycles. The summed E-state index contributed by atoms with van der Waals surface area (Å²) < 4.78 is 5.21. The number of rotatable bonds is 2. The number of aromatic amines is 1. The van der Waals surface area contributed by atoms with Crippen LogP contribution in [-0.2, 0) is 0 Å². The van der Waals surface area contributed by atoms with Crippen molar-refractivity contribution in [3.63, 3.8) is 0 Å². The maximum Gasteiger partial charge on any atom is 0.217 e. The first-order valence-electron chi connectivity index (χ1n) is 4.80. The molecule has 78 valence electrons. The molecule has 5 nitrogen and oxygen atoms in total. The number of H-pyrrole nitrogens is 1. The fourth-order valence-electron chi connectivity index (χ4n) is 1.42. The maximum absolute atomic E-state index is 5.21. The molecule has 0 spiro atoms. The van der Waals surface area contributed by atoms with Crippen molar-refractivity contribution in [1.82, 2.24) is 20.2 Å². The van der Waals surface area contributed by atoms with Crippen molar-refractivity contribution in [2.24, 2.45) is 0 Å². The van der Waals surface area contributed by atoms with Crippen LogP contribution in [0.5, 0.6) is 0 Å². The van der Waals surface area contributed by atoms with E-state index in [2.05, 4.69) is 20.2 Å². The first-order valence-corrected chi connectivity index (χ1v) is 4.80. The topological polar surface area (TPSA) is 67.6 Å². The van der Waals surface area contributed by atoms with Gasteiger partial charge in [0.25, 0.3) is 0 Å². The Balaban J connectivity index is 2.00. The summed E-state index contributed by atoms with van der Waals surface area (Å²) in [6, 6.07) is 7.36. The van der Waals surface area contributed by atoms with Gasteiger partial charge in [-0.25, -0.2) is 4.98 Å². The molecule has 0 aliphatic rings. The molecular weight excluding hydrogens is 204 g/mol. The number of pyridine rings is 1. The van der Waals surface area contributed by atoms with Gasteiger partial charge in [-0.2, -0.15) is 0 Å². The van der Waals surface area contributed by atoms with E-state index in [1.54, 1.807) is 24.7 Å². The normalized spacial score (nSPS) is 10.5. The van der Waals surface area contributed by atoms with E-state index in [4.69, 9.17) is 4.42 Å². The van der Waals surface area contributed by atoms with Crippen molar-refractivity contribution < 1.29 is 4.42 Å². The van der Waals surface area contributed by atoms with Crippen LogP contribution < -0.4 is 0 Å². The van der Waals surface area contributed by atoms with Crippen LogP contribution >= 0.6 is 0 Å². The molecule has 5 heteroatoms. The van der Waals surface area contributed by atoms with E-state index in [0.717, 1.165) is 5.56 Å². The predicted molar refractivity (Wildman–Crippen MR) is 57.3 cm³/mol. The second-order valence-corrected chi connectivity index (χ2v) is 3.22. The van der Waals surface area contributed by atoms with Gasteiger partial charge in [0.05, 0.1) is 6.26 Å². The van der Waals surface area contributed by atoms with Gasteiger partial charge in [-0.1, -0.05) is 0 Å². The van der Waals surface area contributed by atoms with Gasteiger partial charge >= 0.3 is 0 Å². The number of hydrogen-bond acceptors (Lipinski definition) is 4. The quantitative estimate of drug-likeness (QED) is 0.706. The van der Waals surface area contributed by atoms with Crippen LogP contribution in [-0.4, -0.2) is 20.2 Å². The smallest absolute Gasteiger partial charge is 0.217 e. The molecule has 1 N–H and O–H groups in total. The van der Waals surface area contributed by atoms with Crippen molar-refractivity contribution in [2.75, 3.05) is 0 Å². The highest BCUT2D eigenvalue weighted by Gasteiger charge is 2.08. The molecule has 0 saturated heterocycles. The summed E-state index contributed by atoms with van der Waals surface area (Å²) in [5, 5.41) is 6.95. The third-order valence-corrected chi connectivity index (χ3v) is 2.18.